The predicted octanol–water partition coefficient (Wildman–Crippen LogP) is 10.2. The van der Waals surface area contributed by atoms with Gasteiger partial charge in [0.05, 0.1) is 27.7 Å². The van der Waals surface area contributed by atoms with E-state index in [0.29, 0.717) is 55.3 Å². The van der Waals surface area contributed by atoms with Gasteiger partial charge < -0.3 is 57.3 Å². The lowest BCUT2D eigenvalue weighted by molar-refractivity contribution is -0.117. The number of carbonyl (C=O) groups is 8. The van der Waals surface area contributed by atoms with Crippen LogP contribution in [0.25, 0.3) is 32.7 Å². The number of rotatable bonds is 10. The lowest BCUT2D eigenvalue weighted by atomic mass is 9.75. The number of aromatic nitrogens is 3. The van der Waals surface area contributed by atoms with E-state index in [1.807, 2.05) is 54.6 Å². The van der Waals surface area contributed by atoms with Crippen LogP contribution in [0.2, 0.25) is 0 Å². The van der Waals surface area contributed by atoms with Gasteiger partial charge in [-0.25, -0.2) is 4.79 Å². The summed E-state index contributed by atoms with van der Waals surface area (Å²) in [6.07, 6.45) is 26.3. The lowest BCUT2D eigenvalue weighted by Gasteiger charge is -2.47. The fraction of sp³-hybridized carbons (Fsp3) is 0.493. The van der Waals surface area contributed by atoms with E-state index < -0.39 is 11.2 Å². The molecule has 3 aromatic carbocycles. The van der Waals surface area contributed by atoms with Crippen LogP contribution in [0, 0.1) is 11.8 Å². The van der Waals surface area contributed by atoms with Gasteiger partial charge in [0, 0.05) is 95.0 Å². The van der Waals surface area contributed by atoms with Crippen molar-refractivity contribution in [3.8, 4) is 0 Å². The molecular formula is C71H87ClN10O9. The highest BCUT2D eigenvalue weighted by Crippen LogP contribution is 2.47. The topological polar surface area (TPSA) is 298 Å². The standard InChI is InChI=1S/C25H29N3O3.C22H27N3O2.C15H14N2O3.C6H14N2.C3H3ClO/c1-2-23(30)27-19-7-4-3-6-16(19)14-22(29)18-9-8-17-12-21-24(31)26-15-25(10-5-11-25)28(21)20(17)13-18;23-17-5-2-1-4-14(17)12-20(26)16-7-6-15-10-19-21(27)24-13-22(8-3-9-22)25(19)18(15)11-16;18-13-12-6-9-2-3-10(14(19)20)7-11(9)17(12)15(8-16-13)4-1-5-15;7-5-3-1-2-4-6(5)8;1-2-3(4)5/h2,8-9,12-13,16,19H,1,3-7,10-11,14-15H2,(H,26,31)(H,27,30);6-7,10-11,14,17H,1-5,8-9,12-13,23H2,(H,24,27);2-3,6-7H,1,4-5,8H2,(H,16,18)(H,19,20);5-6H,1-4,7-8H2;2H,1H2. The molecule has 15 rings (SSSR count). The van der Waals surface area contributed by atoms with Crippen LogP contribution in [0.4, 0.5) is 0 Å². The van der Waals surface area contributed by atoms with Gasteiger partial charge in [0.2, 0.25) is 11.1 Å². The molecule has 4 amide bonds. The van der Waals surface area contributed by atoms with Crippen molar-refractivity contribution < 1.29 is 43.5 Å². The zero-order valence-corrected chi connectivity index (χ0v) is 52.8. The molecule has 3 spiro atoms. The minimum atomic E-state index is -0.939. The number of amides is 4. The fourth-order valence-electron chi connectivity index (χ4n) is 15.6. The zero-order chi connectivity index (χ0) is 64.4. The SMILES string of the molecule is C=CC(=O)Cl.C=CC(=O)NC1CCCCC1CC(=O)c1ccc2cc3n(c2c1)C1(CCC1)CNC3=O.NC1CCCCC1CC(=O)c1ccc2cc3n(c2c1)C1(CCC1)CNC3=O.NC1CCCCC1N.O=C(O)c1ccc2cc3n(c2c1)C1(CCC1)CNC3=O. The average molecular weight is 1260 g/mol. The second kappa shape index (κ2) is 27.2. The van der Waals surface area contributed by atoms with Gasteiger partial charge in [0.15, 0.2) is 11.6 Å². The van der Waals surface area contributed by atoms with E-state index in [1.54, 1.807) is 18.2 Å². The lowest BCUT2D eigenvalue weighted by Crippen LogP contribution is -2.55. The van der Waals surface area contributed by atoms with Crippen LogP contribution in [0.15, 0.2) is 98.1 Å². The van der Waals surface area contributed by atoms with E-state index in [4.69, 9.17) is 33.9 Å². The maximum Gasteiger partial charge on any atom is 0.335 e. The van der Waals surface area contributed by atoms with Crippen LogP contribution in [0.3, 0.4) is 0 Å². The van der Waals surface area contributed by atoms with Gasteiger partial charge in [-0.2, -0.15) is 0 Å². The number of aromatic carboxylic acids is 1. The zero-order valence-electron chi connectivity index (χ0n) is 52.0. The molecular weight excluding hydrogens is 1170 g/mol. The molecule has 6 atom stereocenters. The number of nitrogens with zero attached hydrogens (tertiary/aromatic N) is 3. The van der Waals surface area contributed by atoms with Gasteiger partial charge in [-0.15, -0.1) is 0 Å². The number of halogens is 1. The molecule has 0 radical (unpaired) electrons. The molecule has 3 aliphatic heterocycles. The summed E-state index contributed by atoms with van der Waals surface area (Å²) >= 11 is 4.71. The Kier molecular flexibility index (Phi) is 19.4. The Labute approximate surface area is 535 Å². The third-order valence-corrected chi connectivity index (χ3v) is 21.5. The molecule has 6 fully saturated rings. The molecule has 20 heteroatoms. The number of ketones is 2. The summed E-state index contributed by atoms with van der Waals surface area (Å²) in [5.41, 5.74) is 24.1. The number of nitrogens with one attached hydrogen (secondary N) is 4. The van der Waals surface area contributed by atoms with Crippen molar-refractivity contribution in [2.45, 2.75) is 188 Å². The van der Waals surface area contributed by atoms with Crippen LogP contribution in [0.5, 0.6) is 0 Å². The third kappa shape index (κ3) is 13.2. The van der Waals surface area contributed by atoms with E-state index >= 15 is 0 Å². The monoisotopic (exact) mass is 1260 g/mol. The minimum absolute atomic E-state index is 0.00160. The summed E-state index contributed by atoms with van der Waals surface area (Å²) in [6, 6.07) is 23.3. The molecule has 6 saturated carbocycles. The predicted molar refractivity (Wildman–Crippen MR) is 353 cm³/mol. The number of fused-ring (bicyclic) bond motifs is 12. The second-order valence-electron chi connectivity index (χ2n) is 26.9. The van der Waals surface area contributed by atoms with Crippen molar-refractivity contribution in [2.75, 3.05) is 19.6 Å². The number of carboxylic acid groups (broad SMARTS) is 1. The highest BCUT2D eigenvalue weighted by atomic mass is 35.5. The van der Waals surface area contributed by atoms with Crippen molar-refractivity contribution in [1.29, 1.82) is 0 Å². The number of hydrogen-bond acceptors (Lipinski definition) is 11. The molecule has 0 bridgehead atoms. The number of nitrogens with two attached hydrogens (primary N) is 3. The summed E-state index contributed by atoms with van der Waals surface area (Å²) in [4.78, 5) is 95.5. The Morgan fingerprint density at radius 1 is 0.505 bits per heavy atom. The third-order valence-electron chi connectivity index (χ3n) is 21.3. The van der Waals surface area contributed by atoms with Gasteiger partial charge in [-0.3, -0.25) is 33.6 Å². The molecule has 6 heterocycles. The van der Waals surface area contributed by atoms with E-state index in [1.165, 1.54) is 38.2 Å². The summed E-state index contributed by atoms with van der Waals surface area (Å²) in [7, 11) is 0. The van der Waals surface area contributed by atoms with E-state index in [9.17, 15) is 38.4 Å². The van der Waals surface area contributed by atoms with Crippen LogP contribution in [-0.2, 0) is 26.2 Å². The molecule has 0 saturated heterocycles. The molecule has 6 aromatic rings. The highest BCUT2D eigenvalue weighted by Gasteiger charge is 2.47. The molecule has 482 valence electrons. The van der Waals surface area contributed by atoms with Gasteiger partial charge in [0.1, 0.15) is 17.1 Å². The van der Waals surface area contributed by atoms with E-state index in [0.717, 1.165) is 153 Å². The fourth-order valence-corrected chi connectivity index (χ4v) is 15.6. The van der Waals surface area contributed by atoms with Crippen LogP contribution in [-0.4, -0.2) is 109 Å². The van der Waals surface area contributed by atoms with Crippen LogP contribution in [0.1, 0.15) is 210 Å². The normalized spacial score (nSPS) is 24.2. The number of hydrogen-bond donors (Lipinski definition) is 8. The smallest absolute Gasteiger partial charge is 0.335 e. The minimum Gasteiger partial charge on any atom is -0.478 e. The maximum atomic E-state index is 13.2. The highest BCUT2D eigenvalue weighted by molar-refractivity contribution is 6.66. The van der Waals surface area contributed by atoms with Crippen LogP contribution >= 0.6 is 11.6 Å². The van der Waals surface area contributed by atoms with Gasteiger partial charge in [-0.1, -0.05) is 82.0 Å². The van der Waals surface area contributed by atoms with E-state index in [-0.39, 0.29) is 87.5 Å². The van der Waals surface area contributed by atoms with E-state index in [2.05, 4.69) is 48.1 Å². The summed E-state index contributed by atoms with van der Waals surface area (Å²) in [5.74, 6) is -0.509. The first kappa shape index (κ1) is 64.8. The van der Waals surface area contributed by atoms with Crippen LogP contribution < -0.4 is 38.5 Å². The Morgan fingerprint density at radius 3 is 1.21 bits per heavy atom. The quantitative estimate of drug-likeness (QED) is 0.0361. The molecule has 6 unspecified atom stereocenters. The van der Waals surface area contributed by atoms with Crippen molar-refractivity contribution in [3.63, 3.8) is 0 Å². The average Bonchev–Trinajstić information content (AvgIpc) is 1.65. The molecule has 3 aromatic heterocycles. The van der Waals surface area contributed by atoms with Crippen molar-refractivity contribution in [1.82, 2.24) is 35.0 Å². The van der Waals surface area contributed by atoms with Gasteiger partial charge in [-0.05, 0) is 174 Å². The number of carboxylic acids is 1. The van der Waals surface area contributed by atoms with Gasteiger partial charge in [0.25, 0.3) is 17.7 Å². The Balaban J connectivity index is 0.000000129. The number of carbonyl (C=O) groups excluding carboxylic acids is 7. The second-order valence-corrected chi connectivity index (χ2v) is 27.3. The summed E-state index contributed by atoms with van der Waals surface area (Å²) < 4.78 is 6.47. The summed E-state index contributed by atoms with van der Waals surface area (Å²) in [5, 5.41) is 23.7. The number of benzene rings is 3. The molecule has 6 aliphatic carbocycles. The molecule has 9 aliphatic rings. The first-order chi connectivity index (χ1) is 43.8. The first-order valence-electron chi connectivity index (χ1n) is 32.9. The van der Waals surface area contributed by atoms with Gasteiger partial charge >= 0.3 is 5.97 Å². The first-order valence-corrected chi connectivity index (χ1v) is 33.3. The Hall–Kier alpha value is -7.71. The van der Waals surface area contributed by atoms with Crippen molar-refractivity contribution in [2.24, 2.45) is 29.0 Å². The number of Topliss-reactive ketones (excluding diaryl/α,β-unsaturated/α-hetero) is 2. The van der Waals surface area contributed by atoms with Crippen molar-refractivity contribution in [3.05, 3.63) is 132 Å². The Morgan fingerprint density at radius 2 is 0.857 bits per heavy atom. The molecule has 19 nitrogen and oxygen atoms in total. The Bertz CT molecular complexity index is 3840. The maximum absolute atomic E-state index is 13.2. The molecule has 11 N–H and O–H groups in total. The summed E-state index contributed by atoms with van der Waals surface area (Å²) in [6.45, 7) is 8.61. The largest absolute Gasteiger partial charge is 0.478 e. The molecule has 91 heavy (non-hydrogen) atoms. The van der Waals surface area contributed by atoms with Crippen molar-refractivity contribution >= 4 is 90.7 Å². The number of allylic oxidation sites excluding steroid dienone is 1.